The molecule has 1 amide bonds. The number of β-amino-alcohol motifs (C(OH)–C–C–N with tert-alkyl or cyclic N) is 1. The Kier molecular flexibility index (Phi) is 10.7. The van der Waals surface area contributed by atoms with E-state index >= 15 is 0 Å². The third-order valence-electron chi connectivity index (χ3n) is 7.05. The zero-order valence-electron chi connectivity index (χ0n) is 24.2. The number of rotatable bonds is 13. The Balaban J connectivity index is 1.44. The molecule has 1 saturated heterocycles. The topological polar surface area (TPSA) is 98.5 Å². The molecular weight excluding hydrogens is 550 g/mol. The molecule has 12 heteroatoms. The number of carbonyl (C=O) groups excluding carboxylic acids is 1. The van der Waals surface area contributed by atoms with E-state index < -0.39 is 17.2 Å². The van der Waals surface area contributed by atoms with Crippen molar-refractivity contribution < 1.29 is 37.6 Å². The fourth-order valence-electron chi connectivity index (χ4n) is 4.98. The number of benzene rings is 2. The van der Waals surface area contributed by atoms with Crippen molar-refractivity contribution in [1.82, 2.24) is 19.4 Å². The summed E-state index contributed by atoms with van der Waals surface area (Å²) in [7, 11) is 3.01. The number of halogens is 2. The second-order valence-corrected chi connectivity index (χ2v) is 10.3. The molecule has 1 atom stereocenters. The van der Waals surface area contributed by atoms with Gasteiger partial charge in [-0.1, -0.05) is 13.0 Å². The maximum absolute atomic E-state index is 13.7. The van der Waals surface area contributed by atoms with Gasteiger partial charge in [0, 0.05) is 58.2 Å². The minimum absolute atomic E-state index is 0.0118. The van der Waals surface area contributed by atoms with Crippen LogP contribution in [0.1, 0.15) is 18.3 Å². The van der Waals surface area contributed by atoms with E-state index in [0.717, 1.165) is 29.9 Å². The summed E-state index contributed by atoms with van der Waals surface area (Å²) in [6.07, 6.45) is 4.54. The molecule has 0 bridgehead atoms. The SMILES string of the molecule is CCc1nccn1CCOc1ccc(CN2CCN(C(=O)COC)C[C@@](O)(COc3ccc(F)c(F)c3)C2)cc1OC. The van der Waals surface area contributed by atoms with Crippen molar-refractivity contribution in [3.8, 4) is 17.2 Å². The largest absolute Gasteiger partial charge is 0.493 e. The van der Waals surface area contributed by atoms with Crippen LogP contribution in [0.15, 0.2) is 48.8 Å². The molecule has 1 fully saturated rings. The Morgan fingerprint density at radius 2 is 1.88 bits per heavy atom. The Bertz CT molecular complexity index is 1340. The Labute approximate surface area is 244 Å². The van der Waals surface area contributed by atoms with E-state index in [2.05, 4.69) is 16.5 Å². The van der Waals surface area contributed by atoms with Gasteiger partial charge < -0.3 is 33.5 Å². The number of amides is 1. The predicted octanol–water partition coefficient (Wildman–Crippen LogP) is 2.91. The molecule has 0 unspecified atom stereocenters. The maximum atomic E-state index is 13.7. The first-order valence-corrected chi connectivity index (χ1v) is 13.8. The summed E-state index contributed by atoms with van der Waals surface area (Å²) < 4.78 is 51.4. The number of aliphatic hydroxyl groups is 1. The van der Waals surface area contributed by atoms with Crippen molar-refractivity contribution in [3.05, 3.63) is 71.8 Å². The zero-order chi connectivity index (χ0) is 30.1. The highest BCUT2D eigenvalue weighted by atomic mass is 19.2. The van der Waals surface area contributed by atoms with Gasteiger partial charge in [0.1, 0.15) is 37.0 Å². The summed E-state index contributed by atoms with van der Waals surface area (Å²) in [5, 5.41) is 11.6. The minimum atomic E-state index is -1.50. The van der Waals surface area contributed by atoms with Crippen LogP contribution in [0, 0.1) is 11.6 Å². The maximum Gasteiger partial charge on any atom is 0.248 e. The van der Waals surface area contributed by atoms with Crippen molar-refractivity contribution in [2.45, 2.75) is 32.0 Å². The Morgan fingerprint density at radius 3 is 2.62 bits per heavy atom. The average molecular weight is 589 g/mol. The number of aryl methyl sites for hydroxylation is 1. The van der Waals surface area contributed by atoms with Gasteiger partial charge in [-0.05, 0) is 29.8 Å². The first-order chi connectivity index (χ1) is 20.2. The van der Waals surface area contributed by atoms with Crippen LogP contribution in [0.4, 0.5) is 8.78 Å². The lowest BCUT2D eigenvalue weighted by Gasteiger charge is -2.33. The summed E-state index contributed by atoms with van der Waals surface area (Å²) in [6.45, 7) is 4.24. The molecule has 42 heavy (non-hydrogen) atoms. The van der Waals surface area contributed by atoms with E-state index in [1.807, 2.05) is 29.3 Å². The second kappa shape index (κ2) is 14.4. The molecule has 228 valence electrons. The number of ether oxygens (including phenoxy) is 4. The van der Waals surface area contributed by atoms with Crippen LogP contribution < -0.4 is 14.2 Å². The highest BCUT2D eigenvalue weighted by molar-refractivity contribution is 5.77. The number of methoxy groups -OCH3 is 2. The molecule has 1 aliphatic heterocycles. The molecule has 3 aromatic rings. The average Bonchev–Trinajstić information content (AvgIpc) is 3.36. The van der Waals surface area contributed by atoms with Crippen molar-refractivity contribution in [2.24, 2.45) is 0 Å². The molecule has 1 N–H and O–H groups in total. The predicted molar refractivity (Wildman–Crippen MR) is 151 cm³/mol. The van der Waals surface area contributed by atoms with Crippen LogP contribution in [0.5, 0.6) is 17.2 Å². The lowest BCUT2D eigenvalue weighted by Crippen LogP contribution is -2.52. The highest BCUT2D eigenvalue weighted by Gasteiger charge is 2.37. The first-order valence-electron chi connectivity index (χ1n) is 13.8. The second-order valence-electron chi connectivity index (χ2n) is 10.3. The van der Waals surface area contributed by atoms with Crippen molar-refractivity contribution in [2.75, 3.05) is 60.2 Å². The van der Waals surface area contributed by atoms with Gasteiger partial charge in [-0.25, -0.2) is 13.8 Å². The van der Waals surface area contributed by atoms with Crippen molar-refractivity contribution in [3.63, 3.8) is 0 Å². The highest BCUT2D eigenvalue weighted by Crippen LogP contribution is 2.29. The first kappa shape index (κ1) is 31.2. The van der Waals surface area contributed by atoms with E-state index in [4.69, 9.17) is 18.9 Å². The lowest BCUT2D eigenvalue weighted by atomic mass is 10.0. The number of hydrogen-bond donors (Lipinski definition) is 1. The van der Waals surface area contributed by atoms with Gasteiger partial charge in [-0.3, -0.25) is 9.69 Å². The standard InChI is InChI=1S/C30H38F2N4O6/c1-4-28-33-9-10-35(28)13-14-41-26-8-5-22(15-27(26)40-3)17-34-11-12-36(29(37)18-39-2)20-30(38,19-34)21-42-23-6-7-24(31)25(32)16-23/h5-10,15-16,38H,4,11-14,17-21H2,1-3H3/t30-/m1/s1. The number of carbonyl (C=O) groups is 1. The van der Waals surface area contributed by atoms with Crippen LogP contribution in [-0.4, -0.2) is 96.2 Å². The molecule has 1 aromatic heterocycles. The number of hydrogen-bond acceptors (Lipinski definition) is 8. The van der Waals surface area contributed by atoms with Gasteiger partial charge in [-0.2, -0.15) is 0 Å². The molecule has 0 saturated carbocycles. The van der Waals surface area contributed by atoms with Gasteiger partial charge in [0.2, 0.25) is 5.91 Å². The summed E-state index contributed by atoms with van der Waals surface area (Å²) in [5.41, 5.74) is -0.578. The fraction of sp³-hybridized carbons (Fsp3) is 0.467. The van der Waals surface area contributed by atoms with E-state index in [0.29, 0.717) is 44.3 Å². The van der Waals surface area contributed by atoms with Crippen LogP contribution in [0.2, 0.25) is 0 Å². The number of aromatic nitrogens is 2. The molecule has 0 spiro atoms. The van der Waals surface area contributed by atoms with Gasteiger partial charge in [0.15, 0.2) is 23.1 Å². The monoisotopic (exact) mass is 588 g/mol. The van der Waals surface area contributed by atoms with Crippen LogP contribution in [0.25, 0.3) is 0 Å². The molecule has 4 rings (SSSR count). The Morgan fingerprint density at radius 1 is 1.05 bits per heavy atom. The summed E-state index contributed by atoms with van der Waals surface area (Å²) >= 11 is 0. The number of nitrogens with zero attached hydrogens (tertiary/aromatic N) is 4. The van der Waals surface area contributed by atoms with Gasteiger partial charge in [-0.15, -0.1) is 0 Å². The van der Waals surface area contributed by atoms with Gasteiger partial charge in [0.25, 0.3) is 0 Å². The third kappa shape index (κ3) is 8.17. The quantitative estimate of drug-likeness (QED) is 0.326. The molecule has 0 aliphatic carbocycles. The zero-order valence-corrected chi connectivity index (χ0v) is 24.2. The smallest absolute Gasteiger partial charge is 0.248 e. The van der Waals surface area contributed by atoms with E-state index in [-0.39, 0.29) is 38.0 Å². The third-order valence-corrected chi connectivity index (χ3v) is 7.05. The fourth-order valence-corrected chi connectivity index (χ4v) is 4.98. The molecule has 2 aromatic carbocycles. The van der Waals surface area contributed by atoms with Gasteiger partial charge >= 0.3 is 0 Å². The summed E-state index contributed by atoms with van der Waals surface area (Å²) in [5.74, 6) is -0.0410. The van der Waals surface area contributed by atoms with Crippen molar-refractivity contribution >= 4 is 5.91 Å². The molecule has 0 radical (unpaired) electrons. The lowest BCUT2D eigenvalue weighted by molar-refractivity contribution is -0.138. The molecule has 10 nitrogen and oxygen atoms in total. The Hall–Kier alpha value is -3.74. The normalized spacial score (nSPS) is 17.6. The van der Waals surface area contributed by atoms with E-state index in [1.165, 1.54) is 18.1 Å². The van der Waals surface area contributed by atoms with Crippen molar-refractivity contribution in [1.29, 1.82) is 0 Å². The summed E-state index contributed by atoms with van der Waals surface area (Å²) in [4.78, 5) is 20.5. The molecule has 2 heterocycles. The summed E-state index contributed by atoms with van der Waals surface area (Å²) in [6, 6.07) is 8.85. The van der Waals surface area contributed by atoms with Crippen LogP contribution in [0.3, 0.4) is 0 Å². The number of imidazole rings is 1. The van der Waals surface area contributed by atoms with E-state index in [9.17, 15) is 18.7 Å². The van der Waals surface area contributed by atoms with Crippen LogP contribution in [-0.2, 0) is 29.0 Å². The van der Waals surface area contributed by atoms with Gasteiger partial charge in [0.05, 0.1) is 20.2 Å². The molecule has 1 aliphatic rings. The molecular formula is C30H38F2N4O6. The minimum Gasteiger partial charge on any atom is -0.493 e. The van der Waals surface area contributed by atoms with E-state index in [1.54, 1.807) is 13.3 Å². The van der Waals surface area contributed by atoms with Crippen LogP contribution >= 0.6 is 0 Å².